The van der Waals surface area contributed by atoms with Crippen molar-refractivity contribution in [3.05, 3.63) is 35.2 Å². The average Bonchev–Trinajstić information content (AvgIpc) is 3.13. The molecule has 33 heavy (non-hydrogen) atoms. The molecule has 2 aromatic rings. The number of ether oxygens (including phenoxy) is 1. The molecule has 1 aromatic heterocycles. The molecule has 0 bridgehead atoms. The number of rotatable bonds is 9. The lowest BCUT2D eigenvalue weighted by atomic mass is 10.1. The molecule has 1 aliphatic heterocycles. The van der Waals surface area contributed by atoms with E-state index in [2.05, 4.69) is 38.0 Å². The lowest BCUT2D eigenvalue weighted by Gasteiger charge is -2.34. The summed E-state index contributed by atoms with van der Waals surface area (Å²) in [7, 11) is 0. The van der Waals surface area contributed by atoms with Gasteiger partial charge in [0.1, 0.15) is 12.4 Å². The fourth-order valence-electron chi connectivity index (χ4n) is 3.69. The van der Waals surface area contributed by atoms with Crippen molar-refractivity contribution >= 4 is 17.7 Å². The monoisotopic (exact) mass is 485 g/mol. The summed E-state index contributed by atoms with van der Waals surface area (Å²) in [5.41, 5.74) is 3.26. The zero-order valence-electron chi connectivity index (χ0n) is 19.2. The highest BCUT2D eigenvalue weighted by molar-refractivity contribution is 7.99. The van der Waals surface area contributed by atoms with E-state index in [9.17, 15) is 18.0 Å². The molecule has 0 spiro atoms. The maximum atomic E-state index is 12.7. The van der Waals surface area contributed by atoms with Crippen LogP contribution in [0.4, 0.5) is 13.2 Å². The number of hydrogen-bond donors (Lipinski definition) is 0. The molecule has 0 N–H and O–H groups in total. The van der Waals surface area contributed by atoms with E-state index < -0.39 is 12.8 Å². The van der Waals surface area contributed by atoms with E-state index in [1.807, 2.05) is 30.2 Å². The topological polar surface area (TPSA) is 63.5 Å². The number of amides is 1. The minimum Gasteiger partial charge on any atom is -0.372 e. The fourth-order valence-corrected chi connectivity index (χ4v) is 4.58. The molecule has 0 atom stereocenters. The van der Waals surface area contributed by atoms with Crippen LogP contribution in [0.3, 0.4) is 0 Å². The Balaban J connectivity index is 1.45. The van der Waals surface area contributed by atoms with Crippen molar-refractivity contribution in [1.82, 2.24) is 24.6 Å². The second-order valence-electron chi connectivity index (χ2n) is 8.19. The van der Waals surface area contributed by atoms with E-state index in [1.165, 1.54) is 11.8 Å². The van der Waals surface area contributed by atoms with Crippen LogP contribution < -0.4 is 0 Å². The Labute approximate surface area is 196 Å². The molecule has 0 unspecified atom stereocenters. The summed E-state index contributed by atoms with van der Waals surface area (Å²) in [4.78, 5) is 16.7. The van der Waals surface area contributed by atoms with Crippen molar-refractivity contribution in [3.63, 3.8) is 0 Å². The number of alkyl halides is 3. The smallest absolute Gasteiger partial charge is 0.372 e. The summed E-state index contributed by atoms with van der Waals surface area (Å²) in [5.74, 6) is 1.08. The highest BCUT2D eigenvalue weighted by Crippen LogP contribution is 2.25. The van der Waals surface area contributed by atoms with Gasteiger partial charge in [-0.1, -0.05) is 23.9 Å². The molecular weight excluding hydrogens is 455 g/mol. The first-order valence-corrected chi connectivity index (χ1v) is 11.9. The SMILES string of the molecule is Cc1ccc(C)c(-n2c(C)nnc2SCC(=O)N2CCN(CCCOCC(F)(F)F)CC2)c1. The zero-order valence-corrected chi connectivity index (χ0v) is 20.0. The van der Waals surface area contributed by atoms with E-state index in [-0.39, 0.29) is 18.3 Å². The third-order valence-electron chi connectivity index (χ3n) is 5.48. The minimum atomic E-state index is -4.28. The number of aromatic nitrogens is 3. The molecule has 182 valence electrons. The summed E-state index contributed by atoms with van der Waals surface area (Å²) in [6.45, 7) is 8.11. The predicted octanol–water partition coefficient (Wildman–Crippen LogP) is 3.40. The van der Waals surface area contributed by atoms with Gasteiger partial charge in [0.15, 0.2) is 5.16 Å². The van der Waals surface area contributed by atoms with Crippen LogP contribution in [0.2, 0.25) is 0 Å². The van der Waals surface area contributed by atoms with Crippen molar-refractivity contribution in [2.45, 2.75) is 38.5 Å². The molecule has 2 heterocycles. The number of halogens is 3. The van der Waals surface area contributed by atoms with Crippen molar-refractivity contribution < 1.29 is 22.7 Å². The summed E-state index contributed by atoms with van der Waals surface area (Å²) >= 11 is 1.38. The van der Waals surface area contributed by atoms with E-state index >= 15 is 0 Å². The average molecular weight is 486 g/mol. The Morgan fingerprint density at radius 2 is 1.85 bits per heavy atom. The largest absolute Gasteiger partial charge is 0.411 e. The number of hydrogen-bond acceptors (Lipinski definition) is 6. The van der Waals surface area contributed by atoms with Gasteiger partial charge >= 0.3 is 6.18 Å². The maximum absolute atomic E-state index is 12.7. The van der Waals surface area contributed by atoms with Crippen LogP contribution in [-0.4, -0.2) is 88.3 Å². The van der Waals surface area contributed by atoms with Gasteiger partial charge in [-0.05, 0) is 44.4 Å². The third-order valence-corrected chi connectivity index (χ3v) is 6.39. The molecule has 0 radical (unpaired) electrons. The van der Waals surface area contributed by atoms with Crippen molar-refractivity contribution in [2.24, 2.45) is 0 Å². The number of carbonyl (C=O) groups excluding carboxylic acids is 1. The first-order chi connectivity index (χ1) is 15.6. The van der Waals surface area contributed by atoms with Crippen LogP contribution in [0.1, 0.15) is 23.4 Å². The van der Waals surface area contributed by atoms with Gasteiger partial charge in [0.25, 0.3) is 0 Å². The molecule has 1 aromatic carbocycles. The summed E-state index contributed by atoms with van der Waals surface area (Å²) in [6, 6.07) is 6.21. The highest BCUT2D eigenvalue weighted by Gasteiger charge is 2.27. The molecule has 1 saturated heterocycles. The van der Waals surface area contributed by atoms with Gasteiger partial charge in [-0.25, -0.2) is 0 Å². The zero-order chi connectivity index (χ0) is 24.0. The standard InChI is InChI=1S/C22H30F3N5O2S/c1-16-5-6-17(2)19(13-16)30-18(3)26-27-21(30)33-14-20(31)29-10-8-28(9-11-29)7-4-12-32-15-22(23,24)25/h5-6,13H,4,7-12,14-15H2,1-3H3. The molecule has 1 fully saturated rings. The molecule has 7 nitrogen and oxygen atoms in total. The molecule has 1 amide bonds. The third kappa shape index (κ3) is 7.44. The Bertz CT molecular complexity index is 943. The predicted molar refractivity (Wildman–Crippen MR) is 121 cm³/mol. The van der Waals surface area contributed by atoms with Crippen LogP contribution in [0, 0.1) is 20.8 Å². The molecule has 0 saturated carbocycles. The van der Waals surface area contributed by atoms with Crippen molar-refractivity contribution in [3.8, 4) is 5.69 Å². The molecular formula is C22H30F3N5O2S. The second kappa shape index (κ2) is 11.3. The Hall–Kier alpha value is -2.11. The summed E-state index contributed by atoms with van der Waals surface area (Å²) < 4.78 is 42.9. The van der Waals surface area contributed by atoms with Gasteiger partial charge in [0, 0.05) is 39.3 Å². The number of carbonyl (C=O) groups is 1. The molecule has 1 aliphatic rings. The molecule has 3 rings (SSSR count). The van der Waals surface area contributed by atoms with Crippen LogP contribution in [0.15, 0.2) is 23.4 Å². The molecule has 0 aliphatic carbocycles. The van der Waals surface area contributed by atoms with Gasteiger partial charge in [-0.3, -0.25) is 14.3 Å². The van der Waals surface area contributed by atoms with Crippen molar-refractivity contribution in [1.29, 1.82) is 0 Å². The lowest BCUT2D eigenvalue weighted by molar-refractivity contribution is -0.174. The lowest BCUT2D eigenvalue weighted by Crippen LogP contribution is -2.49. The van der Waals surface area contributed by atoms with Gasteiger partial charge in [0.2, 0.25) is 5.91 Å². The fraction of sp³-hybridized carbons (Fsp3) is 0.591. The first kappa shape index (κ1) is 25.5. The van der Waals surface area contributed by atoms with E-state index in [1.54, 1.807) is 0 Å². The van der Waals surface area contributed by atoms with Gasteiger partial charge in [-0.15, -0.1) is 10.2 Å². The molecule has 11 heteroatoms. The second-order valence-corrected chi connectivity index (χ2v) is 9.13. The van der Waals surface area contributed by atoms with Gasteiger partial charge in [-0.2, -0.15) is 13.2 Å². The minimum absolute atomic E-state index is 0.0429. The van der Waals surface area contributed by atoms with E-state index in [0.717, 1.165) is 22.6 Å². The van der Waals surface area contributed by atoms with Crippen LogP contribution >= 0.6 is 11.8 Å². The van der Waals surface area contributed by atoms with E-state index in [4.69, 9.17) is 0 Å². The Morgan fingerprint density at radius 1 is 1.12 bits per heavy atom. The number of aryl methyl sites for hydroxylation is 3. The van der Waals surface area contributed by atoms with Gasteiger partial charge in [0.05, 0.1) is 11.4 Å². The van der Waals surface area contributed by atoms with E-state index in [0.29, 0.717) is 44.3 Å². The highest BCUT2D eigenvalue weighted by atomic mass is 32.2. The van der Waals surface area contributed by atoms with Gasteiger partial charge < -0.3 is 9.64 Å². The van der Waals surface area contributed by atoms with Crippen LogP contribution in [-0.2, 0) is 9.53 Å². The van der Waals surface area contributed by atoms with Crippen LogP contribution in [0.25, 0.3) is 5.69 Å². The number of thioether (sulfide) groups is 1. The maximum Gasteiger partial charge on any atom is 0.411 e. The number of piperazine rings is 1. The van der Waals surface area contributed by atoms with Crippen LogP contribution in [0.5, 0.6) is 0 Å². The quantitative estimate of drug-likeness (QED) is 0.401. The Kier molecular flexibility index (Phi) is 8.77. The Morgan fingerprint density at radius 3 is 2.55 bits per heavy atom. The first-order valence-electron chi connectivity index (χ1n) is 10.9. The summed E-state index contributed by atoms with van der Waals surface area (Å²) in [5, 5.41) is 9.16. The normalized spacial score (nSPS) is 15.3. The van der Waals surface area contributed by atoms with Crippen molar-refractivity contribution in [2.75, 3.05) is 51.7 Å². The summed E-state index contributed by atoms with van der Waals surface area (Å²) in [6.07, 6.45) is -3.75. The number of benzene rings is 1. The number of nitrogens with zero attached hydrogens (tertiary/aromatic N) is 5.